The highest BCUT2D eigenvalue weighted by Gasteiger charge is 2.50. The summed E-state index contributed by atoms with van der Waals surface area (Å²) in [5.41, 5.74) is -3.32. The third kappa shape index (κ3) is 5.11. The molecule has 1 aliphatic rings. The van der Waals surface area contributed by atoms with E-state index in [9.17, 15) is 21.6 Å². The zero-order valence-corrected chi connectivity index (χ0v) is 17.1. The van der Waals surface area contributed by atoms with Crippen LogP contribution >= 0.6 is 0 Å². The zero-order valence-electron chi connectivity index (χ0n) is 16.3. The summed E-state index contributed by atoms with van der Waals surface area (Å²) < 4.78 is 63.2. The predicted molar refractivity (Wildman–Crippen MR) is 106 cm³/mol. The Morgan fingerprint density at radius 1 is 1.23 bits per heavy atom. The van der Waals surface area contributed by atoms with Crippen molar-refractivity contribution in [3.8, 4) is 5.69 Å². The smallest absolute Gasteiger partial charge is 0.354 e. The fraction of sp³-hybridized carbons (Fsp3) is 0.444. The number of hydrogen-bond donors (Lipinski definition) is 2. The maximum Gasteiger partial charge on any atom is 0.511 e. The topological polar surface area (TPSA) is 91.6 Å². The Bertz CT molecular complexity index is 951. The molecule has 30 heavy (non-hydrogen) atoms. The average molecular weight is 444 g/mol. The lowest BCUT2D eigenvalue weighted by molar-refractivity contribution is -0.0494. The normalized spacial score (nSPS) is 17.1. The van der Waals surface area contributed by atoms with Crippen LogP contribution in [0.2, 0.25) is 0 Å². The highest BCUT2D eigenvalue weighted by Crippen LogP contribution is 2.28. The molecule has 164 valence electrons. The number of nitrogens with zero attached hydrogens (tertiary/aromatic N) is 4. The van der Waals surface area contributed by atoms with Crippen LogP contribution in [0.3, 0.4) is 0 Å². The van der Waals surface area contributed by atoms with Crippen LogP contribution in [-0.2, 0) is 16.6 Å². The minimum Gasteiger partial charge on any atom is -0.354 e. The number of aromatic nitrogens is 2. The monoisotopic (exact) mass is 444 g/mol. The molecular weight excluding hydrogens is 421 g/mol. The van der Waals surface area contributed by atoms with Gasteiger partial charge in [0.1, 0.15) is 0 Å². The number of alkyl halides is 3. The van der Waals surface area contributed by atoms with Gasteiger partial charge in [-0.1, -0.05) is 12.1 Å². The van der Waals surface area contributed by atoms with Crippen LogP contribution in [0.25, 0.3) is 5.69 Å². The first kappa shape index (κ1) is 22.1. The standard InChI is InChI=1S/C18H23F3N6O2S/c1-22-17(23-13-14-3-5-16(6-4-14)27-10-2-9-24-27)25-15-7-11-26(12-8-15)30(28,29)18(19,20)21/h2-6,9-10,15H,7-8,11-13H2,1H3,(H2,22,23,25). The second-order valence-electron chi connectivity index (χ2n) is 6.81. The van der Waals surface area contributed by atoms with Crippen LogP contribution in [0, 0.1) is 0 Å². The summed E-state index contributed by atoms with van der Waals surface area (Å²) in [5, 5.41) is 10.5. The van der Waals surface area contributed by atoms with Crippen molar-refractivity contribution in [3.63, 3.8) is 0 Å². The van der Waals surface area contributed by atoms with Crippen LogP contribution in [0.5, 0.6) is 0 Å². The van der Waals surface area contributed by atoms with Crippen molar-refractivity contribution < 1.29 is 21.6 Å². The van der Waals surface area contributed by atoms with Gasteiger partial charge in [0.2, 0.25) is 0 Å². The maximum atomic E-state index is 12.7. The van der Waals surface area contributed by atoms with Crippen molar-refractivity contribution in [3.05, 3.63) is 48.3 Å². The van der Waals surface area contributed by atoms with E-state index < -0.39 is 15.5 Å². The third-order valence-electron chi connectivity index (χ3n) is 4.82. The molecule has 12 heteroatoms. The molecule has 1 aromatic carbocycles. The van der Waals surface area contributed by atoms with Crippen molar-refractivity contribution in [1.29, 1.82) is 0 Å². The molecule has 8 nitrogen and oxygen atoms in total. The van der Waals surface area contributed by atoms with Crippen LogP contribution in [0.1, 0.15) is 18.4 Å². The van der Waals surface area contributed by atoms with E-state index in [1.54, 1.807) is 17.9 Å². The van der Waals surface area contributed by atoms with E-state index in [4.69, 9.17) is 0 Å². The number of guanidine groups is 1. The molecule has 2 heterocycles. The zero-order chi connectivity index (χ0) is 21.8. The molecule has 1 aliphatic heterocycles. The number of halogens is 3. The highest BCUT2D eigenvalue weighted by atomic mass is 32.2. The molecule has 1 saturated heterocycles. The van der Waals surface area contributed by atoms with Gasteiger partial charge in [0.25, 0.3) is 0 Å². The summed E-state index contributed by atoms with van der Waals surface area (Å²) in [7, 11) is -3.67. The predicted octanol–water partition coefficient (Wildman–Crippen LogP) is 1.85. The van der Waals surface area contributed by atoms with Gasteiger partial charge < -0.3 is 10.6 Å². The molecule has 0 amide bonds. The van der Waals surface area contributed by atoms with Gasteiger partial charge in [-0.05, 0) is 36.6 Å². The van der Waals surface area contributed by atoms with E-state index in [-0.39, 0.29) is 32.0 Å². The quantitative estimate of drug-likeness (QED) is 0.543. The number of hydrogen-bond acceptors (Lipinski definition) is 4. The second-order valence-corrected chi connectivity index (χ2v) is 8.74. The molecule has 2 N–H and O–H groups in total. The van der Waals surface area contributed by atoms with E-state index in [2.05, 4.69) is 20.7 Å². The lowest BCUT2D eigenvalue weighted by Crippen LogP contribution is -2.51. The first-order valence-corrected chi connectivity index (χ1v) is 10.8. The molecule has 2 aromatic rings. The molecule has 0 bridgehead atoms. The summed E-state index contributed by atoms with van der Waals surface area (Å²) in [5.74, 6) is 0.503. The molecule has 0 unspecified atom stereocenters. The number of aliphatic imine (C=N–C) groups is 1. The molecule has 0 aliphatic carbocycles. The Kier molecular flexibility index (Phi) is 6.66. The first-order valence-electron chi connectivity index (χ1n) is 9.33. The average Bonchev–Trinajstić information content (AvgIpc) is 3.26. The molecular formula is C18H23F3N6O2S. The van der Waals surface area contributed by atoms with Gasteiger partial charge in [0.15, 0.2) is 5.96 Å². The SMILES string of the molecule is CN=C(NCc1ccc(-n2cccn2)cc1)NC1CCN(S(=O)(=O)C(F)(F)F)CC1. The van der Waals surface area contributed by atoms with Crippen molar-refractivity contribution in [1.82, 2.24) is 24.7 Å². The van der Waals surface area contributed by atoms with Crippen LogP contribution < -0.4 is 10.6 Å². The van der Waals surface area contributed by atoms with Crippen LogP contribution in [0.4, 0.5) is 13.2 Å². The van der Waals surface area contributed by atoms with Crippen molar-refractivity contribution >= 4 is 16.0 Å². The van der Waals surface area contributed by atoms with Gasteiger partial charge in [-0.3, -0.25) is 4.99 Å². The Morgan fingerprint density at radius 2 is 1.90 bits per heavy atom. The van der Waals surface area contributed by atoms with Crippen molar-refractivity contribution in [2.75, 3.05) is 20.1 Å². The van der Waals surface area contributed by atoms with E-state index in [1.165, 1.54) is 0 Å². The van der Waals surface area contributed by atoms with E-state index in [0.717, 1.165) is 11.3 Å². The summed E-state index contributed by atoms with van der Waals surface area (Å²) >= 11 is 0. The second kappa shape index (κ2) is 9.04. The Morgan fingerprint density at radius 3 is 2.43 bits per heavy atom. The number of benzene rings is 1. The molecule has 0 saturated carbocycles. The molecule has 0 radical (unpaired) electrons. The lowest BCUT2D eigenvalue weighted by Gasteiger charge is -2.32. The van der Waals surface area contributed by atoms with Crippen LogP contribution in [-0.4, -0.2) is 60.2 Å². The first-order chi connectivity index (χ1) is 14.2. The maximum absolute atomic E-state index is 12.7. The number of rotatable bonds is 5. The van der Waals surface area contributed by atoms with Gasteiger partial charge in [0.05, 0.1) is 5.69 Å². The van der Waals surface area contributed by atoms with Gasteiger partial charge in [-0.25, -0.2) is 13.1 Å². The number of piperidine rings is 1. The minimum absolute atomic E-state index is 0.168. The Hall–Kier alpha value is -2.60. The number of sulfonamides is 1. The third-order valence-corrected chi connectivity index (χ3v) is 6.45. The van der Waals surface area contributed by atoms with E-state index in [1.807, 2.05) is 36.5 Å². The van der Waals surface area contributed by atoms with E-state index >= 15 is 0 Å². The molecule has 1 fully saturated rings. The van der Waals surface area contributed by atoms with Crippen LogP contribution in [0.15, 0.2) is 47.7 Å². The summed E-state index contributed by atoms with van der Waals surface area (Å²) in [6, 6.07) is 9.47. The molecule has 0 atom stereocenters. The largest absolute Gasteiger partial charge is 0.511 e. The lowest BCUT2D eigenvalue weighted by atomic mass is 10.1. The fourth-order valence-electron chi connectivity index (χ4n) is 3.15. The Labute approximate surface area is 172 Å². The molecule has 1 aromatic heterocycles. The number of nitrogens with one attached hydrogen (secondary N) is 2. The summed E-state index contributed by atoms with van der Waals surface area (Å²) in [4.78, 5) is 4.13. The van der Waals surface area contributed by atoms with Crippen molar-refractivity contribution in [2.45, 2.75) is 30.9 Å². The van der Waals surface area contributed by atoms with Gasteiger partial charge in [-0.15, -0.1) is 0 Å². The molecule has 0 spiro atoms. The Balaban J connectivity index is 1.49. The van der Waals surface area contributed by atoms with Gasteiger partial charge in [-0.2, -0.15) is 22.6 Å². The van der Waals surface area contributed by atoms with Gasteiger partial charge in [0, 0.05) is 45.1 Å². The van der Waals surface area contributed by atoms with Crippen molar-refractivity contribution in [2.24, 2.45) is 4.99 Å². The highest BCUT2D eigenvalue weighted by molar-refractivity contribution is 7.90. The van der Waals surface area contributed by atoms with Gasteiger partial charge >= 0.3 is 15.5 Å². The summed E-state index contributed by atoms with van der Waals surface area (Å²) in [6.45, 7) is 0.122. The fourth-order valence-corrected chi connectivity index (χ4v) is 4.13. The molecule has 3 rings (SSSR count). The minimum atomic E-state index is -5.27. The van der Waals surface area contributed by atoms with E-state index in [0.29, 0.717) is 16.8 Å². The summed E-state index contributed by atoms with van der Waals surface area (Å²) in [6.07, 6.45) is 4.07.